The van der Waals surface area contributed by atoms with E-state index < -0.39 is 8.07 Å². The van der Waals surface area contributed by atoms with Gasteiger partial charge < -0.3 is 13.6 Å². The zero-order chi connectivity index (χ0) is 51.1. The predicted octanol–water partition coefficient (Wildman–Crippen LogP) is 17.3. The van der Waals surface area contributed by atoms with Gasteiger partial charge in [0.2, 0.25) is 0 Å². The molecule has 1 unspecified atom stereocenters. The van der Waals surface area contributed by atoms with Crippen molar-refractivity contribution in [1.82, 2.24) is 9.13 Å². The van der Waals surface area contributed by atoms with Crippen molar-refractivity contribution in [3.63, 3.8) is 0 Å². The highest BCUT2D eigenvalue weighted by molar-refractivity contribution is 8.00. The van der Waals surface area contributed by atoms with Crippen molar-refractivity contribution in [1.29, 1.82) is 0 Å². The van der Waals surface area contributed by atoms with Gasteiger partial charge >= 0.3 is 0 Å². The Morgan fingerprint density at radius 1 is 0.333 bits per heavy atom. The number of para-hydroxylation sites is 6. The van der Waals surface area contributed by atoms with Gasteiger partial charge in [0, 0.05) is 67.8 Å². The van der Waals surface area contributed by atoms with Crippen molar-refractivity contribution in [3.05, 3.63) is 267 Å². The van der Waals surface area contributed by atoms with Crippen LogP contribution in [0.2, 0.25) is 0 Å². The quantitative estimate of drug-likeness (QED) is 0.155. The van der Waals surface area contributed by atoms with Crippen LogP contribution in [0.25, 0.3) is 119 Å². The summed E-state index contributed by atoms with van der Waals surface area (Å²) in [5, 5.41) is 15.5. The third-order valence-electron chi connectivity index (χ3n) is 16.7. The molecule has 4 aromatic heterocycles. The lowest BCUT2D eigenvalue weighted by atomic mass is 10.0. The molecular weight excluding hydrogens is 1000 g/mol. The normalized spacial score (nSPS) is 14.4. The monoisotopic (exact) mass is 1040 g/mol. The van der Waals surface area contributed by atoms with Crippen molar-refractivity contribution >= 4 is 138 Å². The van der Waals surface area contributed by atoms with Crippen molar-refractivity contribution in [2.75, 3.05) is 0 Å². The fraction of sp³-hybridized carbons (Fsp3) is 0. The Morgan fingerprint density at radius 3 is 1.63 bits per heavy atom. The summed E-state index contributed by atoms with van der Waals surface area (Å²) in [6.45, 7) is 0. The van der Waals surface area contributed by atoms with Gasteiger partial charge in [0.15, 0.2) is 13.7 Å². The third kappa shape index (κ3) is 6.22. The zero-order valence-corrected chi connectivity index (χ0v) is 44.7. The van der Waals surface area contributed by atoms with Gasteiger partial charge in [-0.25, -0.2) is 0 Å². The van der Waals surface area contributed by atoms with Crippen LogP contribution in [0.15, 0.2) is 281 Å². The molecule has 17 rings (SSSR count). The van der Waals surface area contributed by atoms with E-state index in [0.29, 0.717) is 0 Å². The molecule has 0 N–H and O–H groups in total. The van der Waals surface area contributed by atoms with Gasteiger partial charge in [0.05, 0.1) is 33.4 Å². The van der Waals surface area contributed by atoms with Crippen LogP contribution in [0.4, 0.5) is 0 Å². The summed E-state index contributed by atoms with van der Waals surface area (Å²) in [5.41, 5.74) is 13.5. The van der Waals surface area contributed by atoms with Gasteiger partial charge in [0.1, 0.15) is 5.58 Å². The molecule has 1 atom stereocenters. The first-order valence-corrected chi connectivity index (χ1v) is 30.3. The summed E-state index contributed by atoms with van der Waals surface area (Å²) in [4.78, 5) is 2.62. The topological polar surface area (TPSA) is 23.0 Å². The number of hydrogen-bond donors (Lipinski definition) is 0. The molecule has 0 aliphatic carbocycles. The maximum Gasteiger partial charge on any atom is 0.183 e. The highest BCUT2D eigenvalue weighted by Crippen LogP contribution is 2.43. The minimum absolute atomic E-state index is 0.880. The van der Waals surface area contributed by atoms with Crippen LogP contribution in [0.1, 0.15) is 0 Å². The maximum absolute atomic E-state index is 6.90. The number of nitrogens with zero attached hydrogens (tertiary/aromatic N) is 2. The predicted molar refractivity (Wildman–Crippen MR) is 334 cm³/mol. The Kier molecular flexibility index (Phi) is 9.54. The fourth-order valence-electron chi connectivity index (χ4n) is 13.4. The molecule has 0 saturated carbocycles. The minimum Gasteiger partial charge on any atom is -0.454 e. The number of benzene rings is 12. The van der Waals surface area contributed by atoms with Crippen LogP contribution >= 0.6 is 23.1 Å². The number of rotatable bonds is 6. The van der Waals surface area contributed by atoms with Gasteiger partial charge in [-0.3, -0.25) is 0 Å². The Labute approximate surface area is 458 Å². The summed E-state index contributed by atoms with van der Waals surface area (Å²) in [6, 6.07) is 99.8. The molecule has 0 radical (unpaired) electrons. The van der Waals surface area contributed by atoms with Gasteiger partial charge in [-0.1, -0.05) is 212 Å². The summed E-state index contributed by atoms with van der Waals surface area (Å²) in [6.07, 6.45) is 0. The maximum atomic E-state index is 6.90. The summed E-state index contributed by atoms with van der Waals surface area (Å²) in [5.74, 6) is 0. The Bertz CT molecular complexity index is 5070. The smallest absolute Gasteiger partial charge is 0.183 e. The van der Waals surface area contributed by atoms with Crippen LogP contribution in [-0.2, 0) is 0 Å². The molecule has 78 heavy (non-hydrogen) atoms. The first kappa shape index (κ1) is 44.0. The van der Waals surface area contributed by atoms with Crippen molar-refractivity contribution in [2.24, 2.45) is 0 Å². The van der Waals surface area contributed by atoms with Crippen molar-refractivity contribution in [2.45, 2.75) is 9.79 Å². The van der Waals surface area contributed by atoms with Crippen LogP contribution in [0.3, 0.4) is 0 Å². The highest BCUT2D eigenvalue weighted by Gasteiger charge is 2.48. The second-order valence-electron chi connectivity index (χ2n) is 20.6. The van der Waals surface area contributed by atoms with Gasteiger partial charge in [-0.2, -0.15) is 0 Å². The molecule has 0 fully saturated rings. The van der Waals surface area contributed by atoms with E-state index in [2.05, 4.69) is 276 Å². The lowest BCUT2D eigenvalue weighted by Gasteiger charge is -2.40. The van der Waals surface area contributed by atoms with Crippen LogP contribution in [0.5, 0.6) is 0 Å². The number of fused-ring (bicyclic) bond motifs is 14. The largest absolute Gasteiger partial charge is 0.454 e. The molecule has 0 bridgehead atoms. The molecule has 16 aromatic rings. The van der Waals surface area contributed by atoms with E-state index in [0.717, 1.165) is 33.2 Å². The molecular formula is C72H44N2OS2Si. The first-order valence-electron chi connectivity index (χ1n) is 26.6. The highest BCUT2D eigenvalue weighted by atomic mass is 32.2. The summed E-state index contributed by atoms with van der Waals surface area (Å²) < 4.78 is 14.4. The molecule has 3 nitrogen and oxygen atoms in total. The van der Waals surface area contributed by atoms with Crippen molar-refractivity contribution < 1.29 is 4.42 Å². The second kappa shape index (κ2) is 16.9. The summed E-state index contributed by atoms with van der Waals surface area (Å²) >= 11 is 3.87. The average molecular weight is 1050 g/mol. The Balaban J connectivity index is 0.880. The number of hydrogen-bond acceptors (Lipinski definition) is 3. The van der Waals surface area contributed by atoms with E-state index in [9.17, 15) is 0 Å². The minimum atomic E-state index is -3.14. The molecule has 0 amide bonds. The second-order valence-corrected chi connectivity index (χ2v) is 26.5. The molecule has 0 saturated heterocycles. The molecule has 1 aliphatic heterocycles. The lowest BCUT2D eigenvalue weighted by molar-refractivity contribution is 0.666. The van der Waals surface area contributed by atoms with Gasteiger partial charge in [-0.05, 0) is 104 Å². The first-order chi connectivity index (χ1) is 38.7. The van der Waals surface area contributed by atoms with Crippen molar-refractivity contribution in [3.8, 4) is 33.6 Å². The number of furan rings is 1. The van der Waals surface area contributed by atoms with Gasteiger partial charge in [0.25, 0.3) is 0 Å². The molecule has 0 spiro atoms. The molecule has 5 heterocycles. The van der Waals surface area contributed by atoms with Crippen LogP contribution in [0, 0.1) is 0 Å². The molecule has 6 heteroatoms. The van der Waals surface area contributed by atoms with E-state index in [-0.39, 0.29) is 0 Å². The van der Waals surface area contributed by atoms with E-state index in [1.165, 1.54) is 117 Å². The lowest BCUT2D eigenvalue weighted by Crippen LogP contribution is -2.76. The van der Waals surface area contributed by atoms with E-state index in [1.807, 2.05) is 23.1 Å². The van der Waals surface area contributed by atoms with E-state index in [1.54, 1.807) is 0 Å². The molecule has 1 aliphatic rings. The fourth-order valence-corrected chi connectivity index (χ4v) is 22.2. The van der Waals surface area contributed by atoms with Gasteiger partial charge in [-0.15, -0.1) is 11.3 Å². The average Bonchev–Trinajstić information content (AvgIpc) is 4.40. The zero-order valence-electron chi connectivity index (χ0n) is 42.0. The Morgan fingerprint density at radius 2 is 0.872 bits per heavy atom. The number of thiophene rings is 1. The van der Waals surface area contributed by atoms with Crippen LogP contribution < -0.4 is 20.7 Å². The summed E-state index contributed by atoms with van der Waals surface area (Å²) in [7, 11) is -3.14. The third-order valence-corrected chi connectivity index (χ3v) is 24.5. The number of aromatic nitrogens is 2. The van der Waals surface area contributed by atoms with Crippen LogP contribution in [-0.4, -0.2) is 17.2 Å². The molecule has 364 valence electrons. The van der Waals surface area contributed by atoms with E-state index >= 15 is 0 Å². The Hall–Kier alpha value is -9.17. The standard InChI is InChI=1S/C72H44N2OS2Si/c1-7-28-58(73-59-29-8-2-21-50(59)51-22-3-9-30-60(51)73)49(20-1)47-18-15-19-48(42-47)78(70-37-17-27-56-54-25-6-12-34-65(54)77-72(56)70)68-36-14-13-35-66(68)76-67-44-46(39-41-69(67)78)45-38-40-64-57(43-45)55-26-16-33-63(71(55)75-64)74-61-31-10-4-23-52(61)53-24-5-11-32-62(53)74/h1-44H. The molecule has 12 aromatic carbocycles. The van der Waals surface area contributed by atoms with E-state index in [4.69, 9.17) is 4.42 Å². The SMILES string of the molecule is c1cc(-c2ccccc2-n2c3ccccc3c3ccccc32)cc([Si]2(c3cccc4c3sc3ccccc34)c3ccccc3Sc3cc(-c4ccc5oc6c(-n7c8ccccc8c8ccccc87)cccc6c5c4)ccc32)c1.